The molecule has 0 atom stereocenters. The molecule has 1 amide bonds. The molecule has 0 radical (unpaired) electrons. The molecular formula is C13H10N4O. The van der Waals surface area contributed by atoms with Crippen LogP contribution in [0.5, 0.6) is 0 Å². The molecule has 5 heteroatoms. The van der Waals surface area contributed by atoms with Gasteiger partial charge < -0.3 is 0 Å². The zero-order valence-corrected chi connectivity index (χ0v) is 9.45. The molecule has 0 aliphatic carbocycles. The third-order valence-corrected chi connectivity index (χ3v) is 2.59. The van der Waals surface area contributed by atoms with E-state index in [9.17, 15) is 4.79 Å². The number of pyridine rings is 2. The Kier molecular flexibility index (Phi) is 2.49. The minimum atomic E-state index is -0.223. The smallest absolute Gasteiger partial charge is 0.259 e. The van der Waals surface area contributed by atoms with E-state index >= 15 is 0 Å². The summed E-state index contributed by atoms with van der Waals surface area (Å²) in [5.74, 6) is 0.277. The number of carbonyl (C=O) groups excluding carboxylic acids is 1. The van der Waals surface area contributed by atoms with Crippen molar-refractivity contribution in [2.45, 2.75) is 0 Å². The van der Waals surface area contributed by atoms with Crippen LogP contribution in [0.2, 0.25) is 0 Å². The van der Waals surface area contributed by atoms with Crippen LogP contribution in [0.1, 0.15) is 10.4 Å². The van der Waals surface area contributed by atoms with Crippen LogP contribution >= 0.6 is 0 Å². The second-order valence-corrected chi connectivity index (χ2v) is 3.77. The minimum Gasteiger partial charge on any atom is -0.291 e. The molecule has 0 fully saturated rings. The number of hydrogen-bond donors (Lipinski definition) is 1. The van der Waals surface area contributed by atoms with Crippen LogP contribution in [0.4, 0.5) is 5.95 Å². The molecule has 0 unspecified atom stereocenters. The lowest BCUT2D eigenvalue weighted by Gasteiger charge is -2.03. The van der Waals surface area contributed by atoms with Crippen LogP contribution in [0.3, 0.4) is 0 Å². The normalized spacial score (nSPS) is 10.4. The lowest BCUT2D eigenvalue weighted by Crippen LogP contribution is -2.14. The second kappa shape index (κ2) is 4.29. The van der Waals surface area contributed by atoms with Gasteiger partial charge in [-0.2, -0.15) is 0 Å². The van der Waals surface area contributed by atoms with Gasteiger partial charge in [0.05, 0.1) is 17.3 Å². The number of nitrogens with one attached hydrogen (secondary N) is 1. The number of fused-ring (bicyclic) bond motifs is 1. The molecule has 88 valence electrons. The average Bonchev–Trinajstić information content (AvgIpc) is 2.83. The third kappa shape index (κ3) is 1.82. The summed E-state index contributed by atoms with van der Waals surface area (Å²) in [6.45, 7) is 0. The first-order chi connectivity index (χ1) is 8.84. The van der Waals surface area contributed by atoms with Gasteiger partial charge in [-0.15, -0.1) is 0 Å². The summed E-state index contributed by atoms with van der Waals surface area (Å²) >= 11 is 0. The van der Waals surface area contributed by atoms with Crippen molar-refractivity contribution >= 4 is 17.4 Å². The maximum atomic E-state index is 12.0. The first-order valence-corrected chi connectivity index (χ1v) is 5.48. The number of anilines is 1. The summed E-state index contributed by atoms with van der Waals surface area (Å²) in [5, 5.41) is 2.75. The number of aromatic nitrogens is 3. The van der Waals surface area contributed by atoms with E-state index < -0.39 is 0 Å². The standard InChI is InChI=1S/C13H10N4O/c18-12(10-4-3-6-14-8-10)16-13-15-9-11-5-1-2-7-17(11)13/h1-9H,(H,15,16,18). The highest BCUT2D eigenvalue weighted by Crippen LogP contribution is 2.11. The Labute approximate surface area is 103 Å². The highest BCUT2D eigenvalue weighted by molar-refractivity contribution is 6.03. The Balaban J connectivity index is 1.91. The summed E-state index contributed by atoms with van der Waals surface area (Å²) in [6.07, 6.45) is 6.70. The van der Waals surface area contributed by atoms with Crippen LogP contribution in [0, 0.1) is 0 Å². The van der Waals surface area contributed by atoms with E-state index in [0.29, 0.717) is 11.5 Å². The Hall–Kier alpha value is -2.69. The van der Waals surface area contributed by atoms with Gasteiger partial charge in [0.15, 0.2) is 0 Å². The van der Waals surface area contributed by atoms with E-state index in [0.717, 1.165) is 5.52 Å². The zero-order valence-electron chi connectivity index (χ0n) is 9.45. The summed E-state index contributed by atoms with van der Waals surface area (Å²) < 4.78 is 1.81. The molecule has 0 spiro atoms. The largest absolute Gasteiger partial charge is 0.291 e. The number of rotatable bonds is 2. The molecule has 18 heavy (non-hydrogen) atoms. The van der Waals surface area contributed by atoms with E-state index in [1.165, 1.54) is 6.20 Å². The van der Waals surface area contributed by atoms with Crippen LogP contribution in [-0.2, 0) is 0 Å². The van der Waals surface area contributed by atoms with E-state index in [1.54, 1.807) is 24.5 Å². The molecule has 3 heterocycles. The van der Waals surface area contributed by atoms with Crippen molar-refractivity contribution < 1.29 is 4.79 Å². The van der Waals surface area contributed by atoms with Gasteiger partial charge in [-0.05, 0) is 24.3 Å². The van der Waals surface area contributed by atoms with Gasteiger partial charge in [0, 0.05) is 18.6 Å². The van der Waals surface area contributed by atoms with Crippen molar-refractivity contribution in [3.8, 4) is 0 Å². The predicted molar refractivity (Wildman–Crippen MR) is 67.4 cm³/mol. The lowest BCUT2D eigenvalue weighted by molar-refractivity contribution is 0.102. The highest BCUT2D eigenvalue weighted by atomic mass is 16.1. The van der Waals surface area contributed by atoms with Gasteiger partial charge in [-0.25, -0.2) is 4.98 Å². The van der Waals surface area contributed by atoms with Crippen molar-refractivity contribution in [2.75, 3.05) is 5.32 Å². The SMILES string of the molecule is O=C(Nc1ncc2ccccn12)c1cccnc1. The van der Waals surface area contributed by atoms with Crippen LogP contribution in [-0.4, -0.2) is 20.3 Å². The Bertz CT molecular complexity index is 690. The van der Waals surface area contributed by atoms with Gasteiger partial charge in [0.1, 0.15) is 0 Å². The molecule has 0 saturated heterocycles. The monoisotopic (exact) mass is 238 g/mol. The van der Waals surface area contributed by atoms with E-state index in [1.807, 2.05) is 28.8 Å². The van der Waals surface area contributed by atoms with E-state index in [-0.39, 0.29) is 5.91 Å². The number of carbonyl (C=O) groups is 1. The van der Waals surface area contributed by atoms with Crippen molar-refractivity contribution in [3.05, 3.63) is 60.7 Å². The summed E-state index contributed by atoms with van der Waals surface area (Å²) in [4.78, 5) is 20.0. The van der Waals surface area contributed by atoms with Crippen molar-refractivity contribution in [3.63, 3.8) is 0 Å². The molecule has 0 bridgehead atoms. The fourth-order valence-electron chi connectivity index (χ4n) is 1.71. The lowest BCUT2D eigenvalue weighted by atomic mass is 10.3. The van der Waals surface area contributed by atoms with Crippen LogP contribution in [0.25, 0.3) is 5.52 Å². The fourth-order valence-corrected chi connectivity index (χ4v) is 1.71. The summed E-state index contributed by atoms with van der Waals surface area (Å²) in [6, 6.07) is 9.15. The van der Waals surface area contributed by atoms with Gasteiger partial charge in [0.2, 0.25) is 5.95 Å². The Morgan fingerprint density at radius 2 is 2.11 bits per heavy atom. The topological polar surface area (TPSA) is 59.3 Å². The van der Waals surface area contributed by atoms with Gasteiger partial charge in [0.25, 0.3) is 5.91 Å². The number of nitrogens with zero attached hydrogens (tertiary/aromatic N) is 3. The first kappa shape index (κ1) is 10.5. The zero-order chi connectivity index (χ0) is 12.4. The number of hydrogen-bond acceptors (Lipinski definition) is 3. The van der Waals surface area contributed by atoms with Crippen molar-refractivity contribution in [2.24, 2.45) is 0 Å². The second-order valence-electron chi connectivity index (χ2n) is 3.77. The van der Waals surface area contributed by atoms with Crippen LogP contribution < -0.4 is 5.32 Å². The van der Waals surface area contributed by atoms with Gasteiger partial charge in [-0.3, -0.25) is 19.5 Å². The number of amides is 1. The molecule has 0 saturated carbocycles. The number of imidazole rings is 1. The molecule has 3 aromatic rings. The average molecular weight is 238 g/mol. The van der Waals surface area contributed by atoms with Crippen LogP contribution in [0.15, 0.2) is 55.1 Å². The molecule has 0 aliphatic heterocycles. The van der Waals surface area contributed by atoms with Gasteiger partial charge in [-0.1, -0.05) is 6.07 Å². The molecule has 3 rings (SSSR count). The van der Waals surface area contributed by atoms with E-state index in [4.69, 9.17) is 0 Å². The van der Waals surface area contributed by atoms with E-state index in [2.05, 4.69) is 15.3 Å². The predicted octanol–water partition coefficient (Wildman–Crippen LogP) is 1.98. The maximum Gasteiger partial charge on any atom is 0.259 e. The van der Waals surface area contributed by atoms with Gasteiger partial charge >= 0.3 is 0 Å². The molecule has 0 aliphatic rings. The first-order valence-electron chi connectivity index (χ1n) is 5.48. The quantitative estimate of drug-likeness (QED) is 0.742. The molecule has 1 N–H and O–H groups in total. The molecular weight excluding hydrogens is 228 g/mol. The summed E-state index contributed by atoms with van der Waals surface area (Å²) in [5.41, 5.74) is 1.43. The Morgan fingerprint density at radius 1 is 1.17 bits per heavy atom. The molecule has 0 aromatic carbocycles. The minimum absolute atomic E-state index is 0.223. The fraction of sp³-hybridized carbons (Fsp3) is 0. The van der Waals surface area contributed by atoms with Crippen molar-refractivity contribution in [1.29, 1.82) is 0 Å². The maximum absolute atomic E-state index is 12.0. The third-order valence-electron chi connectivity index (χ3n) is 2.59. The Morgan fingerprint density at radius 3 is 2.94 bits per heavy atom. The molecule has 5 nitrogen and oxygen atoms in total. The van der Waals surface area contributed by atoms with Crippen molar-refractivity contribution in [1.82, 2.24) is 14.4 Å². The molecule has 3 aromatic heterocycles. The summed E-state index contributed by atoms with van der Waals surface area (Å²) in [7, 11) is 0. The highest BCUT2D eigenvalue weighted by Gasteiger charge is 2.09.